The van der Waals surface area contributed by atoms with Crippen molar-refractivity contribution >= 4 is 11.4 Å². The number of nitro benzene ring substituents is 1. The molecule has 0 amide bonds. The molecule has 2 aliphatic heterocycles. The number of ether oxygens (including phenoxy) is 1. The van der Waals surface area contributed by atoms with Gasteiger partial charge in [0.15, 0.2) is 0 Å². The Bertz CT molecular complexity index is 535. The zero-order valence-corrected chi connectivity index (χ0v) is 12.2. The second kappa shape index (κ2) is 5.89. The third-order valence-electron chi connectivity index (χ3n) is 4.58. The minimum atomic E-state index is -0.352. The molecule has 1 aromatic rings. The number of hydrogen-bond donors (Lipinski definition) is 1. The van der Waals surface area contributed by atoms with Gasteiger partial charge in [-0.25, -0.2) is 0 Å². The summed E-state index contributed by atoms with van der Waals surface area (Å²) >= 11 is 0. The van der Waals surface area contributed by atoms with E-state index in [1.165, 1.54) is 32.6 Å². The zero-order chi connectivity index (χ0) is 14.8. The summed E-state index contributed by atoms with van der Waals surface area (Å²) in [4.78, 5) is 13.4. The van der Waals surface area contributed by atoms with E-state index in [1.807, 2.05) is 0 Å². The summed E-state index contributed by atoms with van der Waals surface area (Å²) in [6.07, 6.45) is 4.64. The van der Waals surface area contributed by atoms with E-state index in [9.17, 15) is 10.1 Å². The smallest absolute Gasteiger partial charge is 0.296 e. The Hall–Kier alpha value is -1.82. The number of hydrogen-bond acceptors (Lipinski definition) is 5. The van der Waals surface area contributed by atoms with Gasteiger partial charge in [-0.2, -0.15) is 0 Å². The Morgan fingerprint density at radius 2 is 2.24 bits per heavy atom. The molecule has 1 aromatic carbocycles. The predicted octanol–water partition coefficient (Wildman–Crippen LogP) is 2.64. The van der Waals surface area contributed by atoms with Gasteiger partial charge >= 0.3 is 0 Å². The average Bonchev–Trinajstić information content (AvgIpc) is 2.95. The van der Waals surface area contributed by atoms with Crippen molar-refractivity contribution in [1.29, 1.82) is 0 Å². The Labute approximate surface area is 124 Å². The summed E-state index contributed by atoms with van der Waals surface area (Å²) in [6.45, 7) is 2.30. The molecule has 2 atom stereocenters. The van der Waals surface area contributed by atoms with Gasteiger partial charge in [0.25, 0.3) is 5.69 Å². The minimum Gasteiger partial charge on any atom is -0.496 e. The molecular weight excluding hydrogens is 270 g/mol. The molecule has 3 rings (SSSR count). The molecule has 1 N–H and O–H groups in total. The van der Waals surface area contributed by atoms with Crippen molar-refractivity contribution in [2.24, 2.45) is 0 Å². The van der Waals surface area contributed by atoms with Gasteiger partial charge < -0.3 is 15.0 Å². The SMILES string of the molecule is COc1ccc(NC2CCN3CCCC3C2)c([N+](=O)[O-])c1. The summed E-state index contributed by atoms with van der Waals surface area (Å²) in [5.41, 5.74) is 0.681. The van der Waals surface area contributed by atoms with Crippen LogP contribution in [0.4, 0.5) is 11.4 Å². The minimum absolute atomic E-state index is 0.0863. The molecule has 0 spiro atoms. The van der Waals surface area contributed by atoms with Gasteiger partial charge in [-0.3, -0.25) is 10.1 Å². The van der Waals surface area contributed by atoms with E-state index in [2.05, 4.69) is 10.2 Å². The lowest BCUT2D eigenvalue weighted by molar-refractivity contribution is -0.384. The summed E-state index contributed by atoms with van der Waals surface area (Å²) < 4.78 is 5.07. The number of fused-ring (bicyclic) bond motifs is 1. The molecule has 2 aliphatic rings. The van der Waals surface area contributed by atoms with Crippen molar-refractivity contribution in [3.05, 3.63) is 28.3 Å². The molecule has 2 unspecified atom stereocenters. The number of nitrogens with one attached hydrogen (secondary N) is 1. The van der Waals surface area contributed by atoms with Crippen LogP contribution in [0.1, 0.15) is 25.7 Å². The quantitative estimate of drug-likeness (QED) is 0.682. The van der Waals surface area contributed by atoms with Gasteiger partial charge in [0.2, 0.25) is 0 Å². The van der Waals surface area contributed by atoms with Crippen molar-refractivity contribution in [1.82, 2.24) is 4.90 Å². The molecule has 114 valence electrons. The molecular formula is C15H21N3O3. The fourth-order valence-corrected chi connectivity index (χ4v) is 3.49. The Balaban J connectivity index is 1.73. The van der Waals surface area contributed by atoms with Crippen LogP contribution in [-0.2, 0) is 0 Å². The molecule has 6 heteroatoms. The normalized spacial score (nSPS) is 25.4. The van der Waals surface area contributed by atoms with Gasteiger partial charge in [0, 0.05) is 18.6 Å². The number of methoxy groups -OCH3 is 1. The first-order valence-corrected chi connectivity index (χ1v) is 7.50. The van der Waals surface area contributed by atoms with Crippen molar-refractivity contribution in [3.8, 4) is 5.75 Å². The van der Waals surface area contributed by atoms with Crippen LogP contribution in [0.3, 0.4) is 0 Å². The molecule has 0 aromatic heterocycles. The fraction of sp³-hybridized carbons (Fsp3) is 0.600. The summed E-state index contributed by atoms with van der Waals surface area (Å²) in [7, 11) is 1.52. The predicted molar refractivity (Wildman–Crippen MR) is 80.9 cm³/mol. The van der Waals surface area contributed by atoms with E-state index in [4.69, 9.17) is 4.74 Å². The molecule has 2 fully saturated rings. The number of anilines is 1. The summed E-state index contributed by atoms with van der Waals surface area (Å²) in [5.74, 6) is 0.512. The molecule has 21 heavy (non-hydrogen) atoms. The van der Waals surface area contributed by atoms with E-state index in [0.29, 0.717) is 23.5 Å². The van der Waals surface area contributed by atoms with E-state index in [0.717, 1.165) is 19.4 Å². The monoisotopic (exact) mass is 291 g/mol. The second-order valence-electron chi connectivity index (χ2n) is 5.84. The lowest BCUT2D eigenvalue weighted by Gasteiger charge is -2.35. The van der Waals surface area contributed by atoms with Crippen molar-refractivity contribution in [3.63, 3.8) is 0 Å². The van der Waals surface area contributed by atoms with Crippen molar-refractivity contribution in [2.75, 3.05) is 25.5 Å². The number of rotatable bonds is 4. The van der Waals surface area contributed by atoms with Crippen molar-refractivity contribution < 1.29 is 9.66 Å². The lowest BCUT2D eigenvalue weighted by Crippen LogP contribution is -2.42. The summed E-state index contributed by atoms with van der Waals surface area (Å²) in [5, 5.41) is 14.6. The maximum Gasteiger partial charge on any atom is 0.296 e. The second-order valence-corrected chi connectivity index (χ2v) is 5.84. The Morgan fingerprint density at radius 3 is 3.00 bits per heavy atom. The first-order valence-electron chi connectivity index (χ1n) is 7.50. The third kappa shape index (κ3) is 2.95. The van der Waals surface area contributed by atoms with Gasteiger partial charge in [-0.15, -0.1) is 0 Å². The Morgan fingerprint density at radius 1 is 1.38 bits per heavy atom. The topological polar surface area (TPSA) is 67.6 Å². The van der Waals surface area contributed by atoms with Crippen LogP contribution in [0, 0.1) is 10.1 Å². The third-order valence-corrected chi connectivity index (χ3v) is 4.58. The molecule has 2 saturated heterocycles. The van der Waals surface area contributed by atoms with Crippen LogP contribution in [0.15, 0.2) is 18.2 Å². The summed E-state index contributed by atoms with van der Waals surface area (Å²) in [6, 6.07) is 5.95. The van der Waals surface area contributed by atoms with Crippen LogP contribution in [0.2, 0.25) is 0 Å². The van der Waals surface area contributed by atoms with Crippen LogP contribution in [0.5, 0.6) is 5.75 Å². The number of piperidine rings is 1. The van der Waals surface area contributed by atoms with E-state index < -0.39 is 0 Å². The molecule has 6 nitrogen and oxygen atoms in total. The zero-order valence-electron chi connectivity index (χ0n) is 12.2. The molecule has 2 heterocycles. The Kier molecular flexibility index (Phi) is 3.96. The van der Waals surface area contributed by atoms with Crippen LogP contribution >= 0.6 is 0 Å². The van der Waals surface area contributed by atoms with E-state index in [-0.39, 0.29) is 10.6 Å². The van der Waals surface area contributed by atoms with Crippen LogP contribution in [-0.4, -0.2) is 42.1 Å². The number of benzene rings is 1. The molecule has 0 aliphatic carbocycles. The van der Waals surface area contributed by atoms with E-state index >= 15 is 0 Å². The standard InChI is InChI=1S/C15H21N3O3/c1-21-13-4-5-14(15(10-13)18(19)20)16-11-6-8-17-7-2-3-12(17)9-11/h4-5,10-12,16H,2-3,6-9H2,1H3. The van der Waals surface area contributed by atoms with Gasteiger partial charge in [0.05, 0.1) is 18.1 Å². The van der Waals surface area contributed by atoms with Gasteiger partial charge in [0.1, 0.15) is 11.4 Å². The fourth-order valence-electron chi connectivity index (χ4n) is 3.49. The highest BCUT2D eigenvalue weighted by atomic mass is 16.6. The number of nitrogens with zero attached hydrogens (tertiary/aromatic N) is 2. The largest absolute Gasteiger partial charge is 0.496 e. The highest BCUT2D eigenvalue weighted by molar-refractivity contribution is 5.64. The van der Waals surface area contributed by atoms with Crippen molar-refractivity contribution in [2.45, 2.75) is 37.8 Å². The van der Waals surface area contributed by atoms with Gasteiger partial charge in [-0.1, -0.05) is 0 Å². The van der Waals surface area contributed by atoms with E-state index in [1.54, 1.807) is 12.1 Å². The van der Waals surface area contributed by atoms with Crippen LogP contribution < -0.4 is 10.1 Å². The first-order chi connectivity index (χ1) is 10.2. The maximum absolute atomic E-state index is 11.2. The lowest BCUT2D eigenvalue weighted by atomic mass is 9.97. The molecule has 0 bridgehead atoms. The highest BCUT2D eigenvalue weighted by Gasteiger charge is 2.32. The molecule has 0 radical (unpaired) electrons. The maximum atomic E-state index is 11.2. The average molecular weight is 291 g/mol. The molecule has 0 saturated carbocycles. The van der Waals surface area contributed by atoms with Gasteiger partial charge in [-0.05, 0) is 44.4 Å². The highest BCUT2D eigenvalue weighted by Crippen LogP contribution is 2.33. The number of nitro groups is 1. The first kappa shape index (κ1) is 14.1. The van der Waals surface area contributed by atoms with Crippen LogP contribution in [0.25, 0.3) is 0 Å².